The number of nitrogens with one attached hydrogen (secondary N) is 1. The van der Waals surface area contributed by atoms with E-state index >= 15 is 0 Å². The van der Waals surface area contributed by atoms with Gasteiger partial charge in [0.15, 0.2) is 0 Å². The molecule has 14 heavy (non-hydrogen) atoms. The lowest BCUT2D eigenvalue weighted by atomic mass is 10.00. The monoisotopic (exact) mass is 201 g/mol. The normalized spacial score (nSPS) is 15.5. The van der Waals surface area contributed by atoms with Crippen molar-refractivity contribution in [1.29, 1.82) is 0 Å². The van der Waals surface area contributed by atoms with Gasteiger partial charge >= 0.3 is 5.97 Å². The van der Waals surface area contributed by atoms with Crippen LogP contribution in [0.5, 0.6) is 0 Å². The molecule has 0 spiro atoms. The lowest BCUT2D eigenvalue weighted by molar-refractivity contribution is -0.141. The Kier molecular flexibility index (Phi) is 6.54. The zero-order valence-corrected chi connectivity index (χ0v) is 9.71. The maximum atomic E-state index is 10.7. The van der Waals surface area contributed by atoms with Gasteiger partial charge in [0.25, 0.3) is 0 Å². The summed E-state index contributed by atoms with van der Waals surface area (Å²) in [5.41, 5.74) is 0. The van der Waals surface area contributed by atoms with E-state index in [1.165, 1.54) is 0 Å². The quantitative estimate of drug-likeness (QED) is 0.663. The Morgan fingerprint density at radius 3 is 2.29 bits per heavy atom. The lowest BCUT2D eigenvalue weighted by Gasteiger charge is -2.20. The van der Waals surface area contributed by atoms with Gasteiger partial charge in [-0.2, -0.15) is 0 Å². The molecule has 0 aromatic rings. The summed E-state index contributed by atoms with van der Waals surface area (Å²) in [5.74, 6) is -0.335. The first-order valence-electron chi connectivity index (χ1n) is 5.43. The Balaban J connectivity index is 3.84. The van der Waals surface area contributed by atoms with E-state index in [4.69, 9.17) is 5.11 Å². The Morgan fingerprint density at radius 2 is 1.93 bits per heavy atom. The van der Waals surface area contributed by atoms with E-state index in [0.29, 0.717) is 12.0 Å². The first-order valence-corrected chi connectivity index (χ1v) is 5.43. The van der Waals surface area contributed by atoms with Crippen molar-refractivity contribution in [2.24, 2.45) is 11.8 Å². The van der Waals surface area contributed by atoms with Crippen LogP contribution in [-0.4, -0.2) is 23.7 Å². The van der Waals surface area contributed by atoms with Crippen LogP contribution in [0.1, 0.15) is 40.5 Å². The van der Waals surface area contributed by atoms with Crippen LogP contribution in [0.4, 0.5) is 0 Å². The Morgan fingerprint density at radius 1 is 1.36 bits per heavy atom. The van der Waals surface area contributed by atoms with Gasteiger partial charge in [-0.15, -0.1) is 0 Å². The summed E-state index contributed by atoms with van der Waals surface area (Å²) in [4.78, 5) is 10.7. The number of rotatable bonds is 7. The minimum Gasteiger partial charge on any atom is -0.481 e. The molecule has 0 aliphatic carbocycles. The first-order chi connectivity index (χ1) is 6.47. The molecular formula is C11H23NO2. The van der Waals surface area contributed by atoms with Gasteiger partial charge in [0.1, 0.15) is 0 Å². The van der Waals surface area contributed by atoms with Gasteiger partial charge in [-0.1, -0.05) is 27.7 Å². The van der Waals surface area contributed by atoms with Gasteiger partial charge in [-0.25, -0.2) is 0 Å². The molecule has 0 aliphatic rings. The molecule has 0 aliphatic heterocycles. The third-order valence-electron chi connectivity index (χ3n) is 2.37. The average Bonchev–Trinajstić information content (AvgIpc) is 2.11. The van der Waals surface area contributed by atoms with Crippen molar-refractivity contribution >= 4 is 5.97 Å². The second-order valence-electron chi connectivity index (χ2n) is 4.38. The fourth-order valence-corrected chi connectivity index (χ4v) is 1.32. The van der Waals surface area contributed by atoms with Gasteiger partial charge in [0.2, 0.25) is 0 Å². The highest BCUT2D eigenvalue weighted by Gasteiger charge is 2.16. The predicted octanol–water partition coefficient (Wildman–Crippen LogP) is 2.12. The maximum absolute atomic E-state index is 10.7. The van der Waals surface area contributed by atoms with E-state index in [1.807, 2.05) is 0 Å². The van der Waals surface area contributed by atoms with E-state index in [0.717, 1.165) is 19.4 Å². The van der Waals surface area contributed by atoms with Crippen molar-refractivity contribution in [2.75, 3.05) is 6.54 Å². The second-order valence-corrected chi connectivity index (χ2v) is 4.38. The third kappa shape index (κ3) is 5.97. The van der Waals surface area contributed by atoms with Gasteiger partial charge in [0, 0.05) is 6.04 Å². The standard InChI is InChI=1S/C11H23NO2/c1-5-10(12-7-8(2)3)6-9(4)11(13)14/h8-10,12H,5-7H2,1-4H3,(H,13,14). The van der Waals surface area contributed by atoms with Crippen molar-refractivity contribution < 1.29 is 9.90 Å². The van der Waals surface area contributed by atoms with E-state index in [1.54, 1.807) is 6.92 Å². The van der Waals surface area contributed by atoms with Gasteiger partial charge in [-0.3, -0.25) is 4.79 Å². The van der Waals surface area contributed by atoms with Crippen molar-refractivity contribution in [3.05, 3.63) is 0 Å². The van der Waals surface area contributed by atoms with E-state index < -0.39 is 5.97 Å². The summed E-state index contributed by atoms with van der Waals surface area (Å²) in [6.07, 6.45) is 1.71. The highest BCUT2D eigenvalue weighted by molar-refractivity contribution is 5.69. The molecule has 0 saturated carbocycles. The summed E-state index contributed by atoms with van der Waals surface area (Å²) in [6, 6.07) is 0.337. The zero-order chi connectivity index (χ0) is 11.1. The molecule has 0 saturated heterocycles. The van der Waals surface area contributed by atoms with Gasteiger partial charge in [0.05, 0.1) is 5.92 Å². The molecule has 2 unspecified atom stereocenters. The molecular weight excluding hydrogens is 178 g/mol. The number of hydrogen-bond donors (Lipinski definition) is 2. The number of carboxylic acid groups (broad SMARTS) is 1. The molecule has 0 aromatic carbocycles. The molecule has 0 amide bonds. The topological polar surface area (TPSA) is 49.3 Å². The average molecular weight is 201 g/mol. The summed E-state index contributed by atoms with van der Waals surface area (Å²) in [7, 11) is 0. The molecule has 0 fully saturated rings. The minimum absolute atomic E-state index is 0.250. The van der Waals surface area contributed by atoms with Crippen LogP contribution >= 0.6 is 0 Å². The minimum atomic E-state index is -0.699. The number of carboxylic acids is 1. The van der Waals surface area contributed by atoms with Crippen molar-refractivity contribution in [3.8, 4) is 0 Å². The fraction of sp³-hybridized carbons (Fsp3) is 0.909. The van der Waals surface area contributed by atoms with Gasteiger partial charge in [-0.05, 0) is 25.3 Å². The summed E-state index contributed by atoms with van der Waals surface area (Å²) in [5, 5.41) is 12.2. The van der Waals surface area contributed by atoms with Crippen LogP contribution < -0.4 is 5.32 Å². The van der Waals surface area contributed by atoms with Gasteiger partial charge < -0.3 is 10.4 Å². The smallest absolute Gasteiger partial charge is 0.306 e. The summed E-state index contributed by atoms with van der Waals surface area (Å²) < 4.78 is 0. The van der Waals surface area contributed by atoms with Crippen LogP contribution in [-0.2, 0) is 4.79 Å². The zero-order valence-electron chi connectivity index (χ0n) is 9.71. The lowest BCUT2D eigenvalue weighted by Crippen LogP contribution is -2.34. The van der Waals surface area contributed by atoms with Crippen LogP contribution in [0.25, 0.3) is 0 Å². The molecule has 0 aromatic heterocycles. The van der Waals surface area contributed by atoms with Crippen molar-refractivity contribution in [2.45, 2.75) is 46.6 Å². The molecule has 84 valence electrons. The number of carbonyl (C=O) groups is 1. The molecule has 3 heteroatoms. The van der Waals surface area contributed by atoms with E-state index in [9.17, 15) is 4.79 Å². The molecule has 2 atom stereocenters. The van der Waals surface area contributed by atoms with Crippen LogP contribution in [0.3, 0.4) is 0 Å². The van der Waals surface area contributed by atoms with E-state index in [-0.39, 0.29) is 5.92 Å². The highest BCUT2D eigenvalue weighted by atomic mass is 16.4. The number of hydrogen-bond acceptors (Lipinski definition) is 2. The predicted molar refractivity (Wildman–Crippen MR) is 58.3 cm³/mol. The van der Waals surface area contributed by atoms with Crippen LogP contribution in [0, 0.1) is 11.8 Å². The van der Waals surface area contributed by atoms with Crippen LogP contribution in [0.15, 0.2) is 0 Å². The van der Waals surface area contributed by atoms with Crippen molar-refractivity contribution in [1.82, 2.24) is 5.32 Å². The molecule has 0 rings (SSSR count). The SMILES string of the molecule is CCC(CC(C)C(=O)O)NCC(C)C. The molecule has 2 N–H and O–H groups in total. The summed E-state index contributed by atoms with van der Waals surface area (Å²) in [6.45, 7) is 9.13. The van der Waals surface area contributed by atoms with E-state index in [2.05, 4.69) is 26.1 Å². The molecule has 0 heterocycles. The van der Waals surface area contributed by atoms with Crippen molar-refractivity contribution in [3.63, 3.8) is 0 Å². The fourth-order valence-electron chi connectivity index (χ4n) is 1.32. The summed E-state index contributed by atoms with van der Waals surface area (Å²) >= 11 is 0. The third-order valence-corrected chi connectivity index (χ3v) is 2.37. The van der Waals surface area contributed by atoms with Crippen LogP contribution in [0.2, 0.25) is 0 Å². The second kappa shape index (κ2) is 6.82. The largest absolute Gasteiger partial charge is 0.481 e. The maximum Gasteiger partial charge on any atom is 0.306 e. The Bertz CT molecular complexity index is 169. The molecule has 0 bridgehead atoms. The Hall–Kier alpha value is -0.570. The Labute approximate surface area is 86.9 Å². The molecule has 0 radical (unpaired) electrons. The number of aliphatic carboxylic acids is 1. The molecule has 3 nitrogen and oxygen atoms in total. The highest BCUT2D eigenvalue weighted by Crippen LogP contribution is 2.09. The first kappa shape index (κ1) is 13.4.